The smallest absolute Gasteiger partial charge is 0.293 e. The molecule has 1 heterocycles. The number of nitrogens with zero attached hydrogens (tertiary/aromatic N) is 1. The van der Waals surface area contributed by atoms with E-state index >= 15 is 0 Å². The van der Waals surface area contributed by atoms with Crippen molar-refractivity contribution in [3.63, 3.8) is 0 Å². The number of ether oxygens (including phenoxy) is 2. The van der Waals surface area contributed by atoms with E-state index in [2.05, 4.69) is 0 Å². The van der Waals surface area contributed by atoms with Gasteiger partial charge in [0.1, 0.15) is 0 Å². The predicted molar refractivity (Wildman–Crippen MR) is 122 cm³/mol. The van der Waals surface area contributed by atoms with Gasteiger partial charge in [0.2, 0.25) is 0 Å². The van der Waals surface area contributed by atoms with Crippen molar-refractivity contribution in [1.29, 1.82) is 0 Å². The van der Waals surface area contributed by atoms with Gasteiger partial charge in [0.15, 0.2) is 11.5 Å². The number of amides is 2. The molecule has 0 atom stereocenters. The van der Waals surface area contributed by atoms with E-state index in [9.17, 15) is 9.59 Å². The molecular weight excluding hydrogens is 469 g/mol. The van der Waals surface area contributed by atoms with Gasteiger partial charge in [0.05, 0.1) is 29.7 Å². The number of carbonyl (C=O) groups excluding carboxylic acids is 2. The third kappa shape index (κ3) is 4.89. The Kier molecular flexibility index (Phi) is 7.24. The predicted octanol–water partition coefficient (Wildman–Crippen LogP) is 6.68. The number of rotatable bonds is 6. The first kappa shape index (κ1) is 22.8. The van der Waals surface area contributed by atoms with Gasteiger partial charge in [-0.15, -0.1) is 0 Å². The first-order valence-electron chi connectivity index (χ1n) is 8.93. The molecule has 1 fully saturated rings. The van der Waals surface area contributed by atoms with Gasteiger partial charge in [-0.1, -0.05) is 40.9 Å². The first-order valence-corrected chi connectivity index (χ1v) is 10.9. The largest absolute Gasteiger partial charge is 0.493 e. The second-order valence-corrected chi connectivity index (χ2v) is 8.88. The van der Waals surface area contributed by atoms with Crippen LogP contribution in [0.15, 0.2) is 35.2 Å². The molecule has 5 nitrogen and oxygen atoms in total. The summed E-state index contributed by atoms with van der Waals surface area (Å²) >= 11 is 19.5. The topological polar surface area (TPSA) is 55.8 Å². The molecule has 1 aliphatic heterocycles. The minimum atomic E-state index is -0.432. The number of hydrogen-bond donors (Lipinski definition) is 0. The van der Waals surface area contributed by atoms with Crippen LogP contribution in [0.2, 0.25) is 15.1 Å². The van der Waals surface area contributed by atoms with E-state index in [4.69, 9.17) is 44.3 Å². The van der Waals surface area contributed by atoms with Gasteiger partial charge >= 0.3 is 0 Å². The van der Waals surface area contributed by atoms with Crippen molar-refractivity contribution in [2.75, 3.05) is 7.11 Å². The molecule has 0 unspecified atom stereocenters. The molecule has 2 aromatic carbocycles. The van der Waals surface area contributed by atoms with Crippen LogP contribution in [0.3, 0.4) is 0 Å². The van der Waals surface area contributed by atoms with Crippen molar-refractivity contribution < 1.29 is 19.1 Å². The Labute approximate surface area is 193 Å². The average molecular weight is 487 g/mol. The number of thioether (sulfide) groups is 1. The standard InChI is InChI=1S/C21H18Cl3NO4S/c1-11(2)29-19-16(24)7-12(8-17(19)28-3)9-18-20(26)25(21(27)30-18)10-13-14(22)5-4-6-15(13)23/h4-9,11H,10H2,1-3H3/b18-9-. The van der Waals surface area contributed by atoms with Gasteiger partial charge in [-0.3, -0.25) is 14.5 Å². The van der Waals surface area contributed by atoms with E-state index in [0.717, 1.165) is 16.7 Å². The van der Waals surface area contributed by atoms with Gasteiger partial charge < -0.3 is 9.47 Å². The normalized spacial score (nSPS) is 15.4. The Balaban J connectivity index is 1.89. The number of carbonyl (C=O) groups is 2. The molecule has 1 saturated heterocycles. The lowest BCUT2D eigenvalue weighted by Crippen LogP contribution is -2.27. The first-order chi connectivity index (χ1) is 14.2. The SMILES string of the molecule is COc1cc(/C=C2\SC(=O)N(Cc3c(Cl)cccc3Cl)C2=O)cc(Cl)c1OC(C)C. The number of methoxy groups -OCH3 is 1. The zero-order valence-corrected chi connectivity index (χ0v) is 19.5. The molecule has 0 spiro atoms. The Morgan fingerprint density at radius 2 is 1.77 bits per heavy atom. The molecular formula is C21H18Cl3NO4S. The molecule has 0 radical (unpaired) electrons. The van der Waals surface area contributed by atoms with Gasteiger partial charge in [-0.05, 0) is 61.5 Å². The van der Waals surface area contributed by atoms with Gasteiger partial charge in [0.25, 0.3) is 11.1 Å². The van der Waals surface area contributed by atoms with Gasteiger partial charge in [-0.2, -0.15) is 0 Å². The Morgan fingerprint density at radius 1 is 1.10 bits per heavy atom. The van der Waals surface area contributed by atoms with Crippen molar-refractivity contribution in [2.45, 2.75) is 26.5 Å². The van der Waals surface area contributed by atoms with Crippen LogP contribution in [0.4, 0.5) is 4.79 Å². The minimum absolute atomic E-state index is 0.00818. The summed E-state index contributed by atoms with van der Waals surface area (Å²) in [5.41, 5.74) is 1.12. The quantitative estimate of drug-likeness (QED) is 0.426. The Hall–Kier alpha value is -1.86. The fourth-order valence-electron chi connectivity index (χ4n) is 2.80. The molecule has 9 heteroatoms. The molecule has 0 aromatic heterocycles. The van der Waals surface area contributed by atoms with Crippen LogP contribution in [0.1, 0.15) is 25.0 Å². The molecule has 0 saturated carbocycles. The van der Waals surface area contributed by atoms with Crippen LogP contribution in [0.25, 0.3) is 6.08 Å². The van der Waals surface area contributed by atoms with Crippen molar-refractivity contribution in [3.05, 3.63) is 61.4 Å². The highest BCUT2D eigenvalue weighted by Crippen LogP contribution is 2.40. The minimum Gasteiger partial charge on any atom is -0.493 e. The highest BCUT2D eigenvalue weighted by atomic mass is 35.5. The maximum Gasteiger partial charge on any atom is 0.293 e. The van der Waals surface area contributed by atoms with Crippen molar-refractivity contribution in [2.24, 2.45) is 0 Å². The summed E-state index contributed by atoms with van der Waals surface area (Å²) in [6.07, 6.45) is 1.50. The van der Waals surface area contributed by atoms with E-state index in [0.29, 0.717) is 37.7 Å². The lowest BCUT2D eigenvalue weighted by atomic mass is 10.1. The number of imide groups is 1. The zero-order valence-electron chi connectivity index (χ0n) is 16.4. The summed E-state index contributed by atoms with van der Waals surface area (Å²) in [5.74, 6) is 0.427. The third-order valence-electron chi connectivity index (χ3n) is 4.15. The molecule has 2 amide bonds. The second kappa shape index (κ2) is 9.52. The summed E-state index contributed by atoms with van der Waals surface area (Å²) < 4.78 is 11.1. The molecule has 30 heavy (non-hydrogen) atoms. The van der Waals surface area contributed by atoms with Crippen LogP contribution in [-0.2, 0) is 11.3 Å². The van der Waals surface area contributed by atoms with E-state index in [1.54, 1.807) is 36.4 Å². The van der Waals surface area contributed by atoms with Crippen LogP contribution >= 0.6 is 46.6 Å². The van der Waals surface area contributed by atoms with Gasteiger partial charge in [-0.25, -0.2) is 0 Å². The summed E-state index contributed by atoms with van der Waals surface area (Å²) in [7, 11) is 1.50. The maximum absolute atomic E-state index is 12.8. The fraction of sp³-hybridized carbons (Fsp3) is 0.238. The van der Waals surface area contributed by atoms with E-state index in [1.165, 1.54) is 7.11 Å². The molecule has 0 aliphatic carbocycles. The van der Waals surface area contributed by atoms with Crippen LogP contribution in [0.5, 0.6) is 11.5 Å². The van der Waals surface area contributed by atoms with E-state index in [-0.39, 0.29) is 17.6 Å². The van der Waals surface area contributed by atoms with E-state index < -0.39 is 11.1 Å². The highest BCUT2D eigenvalue weighted by molar-refractivity contribution is 8.18. The van der Waals surface area contributed by atoms with Crippen LogP contribution in [0, 0.1) is 0 Å². The highest BCUT2D eigenvalue weighted by Gasteiger charge is 2.35. The van der Waals surface area contributed by atoms with E-state index in [1.807, 2.05) is 13.8 Å². The average Bonchev–Trinajstić information content (AvgIpc) is 2.93. The molecule has 2 aromatic rings. The lowest BCUT2D eigenvalue weighted by molar-refractivity contribution is -0.123. The Bertz CT molecular complexity index is 1020. The monoisotopic (exact) mass is 485 g/mol. The number of benzene rings is 2. The lowest BCUT2D eigenvalue weighted by Gasteiger charge is -2.16. The summed E-state index contributed by atoms with van der Waals surface area (Å²) in [4.78, 5) is 26.7. The van der Waals surface area contributed by atoms with Crippen LogP contribution < -0.4 is 9.47 Å². The van der Waals surface area contributed by atoms with Crippen LogP contribution in [-0.4, -0.2) is 29.3 Å². The second-order valence-electron chi connectivity index (χ2n) is 6.67. The van der Waals surface area contributed by atoms with Crippen molar-refractivity contribution in [1.82, 2.24) is 4.90 Å². The third-order valence-corrected chi connectivity index (χ3v) is 6.05. The zero-order chi connectivity index (χ0) is 22.0. The fourth-order valence-corrected chi connectivity index (χ4v) is 4.42. The summed E-state index contributed by atoms with van der Waals surface area (Å²) in [5, 5.41) is 0.724. The molecule has 1 aliphatic rings. The van der Waals surface area contributed by atoms with Crippen molar-refractivity contribution in [3.8, 4) is 11.5 Å². The molecule has 0 bridgehead atoms. The summed E-state index contributed by atoms with van der Waals surface area (Å²) in [6, 6.07) is 8.37. The molecule has 158 valence electrons. The van der Waals surface area contributed by atoms with Crippen molar-refractivity contribution >= 4 is 63.8 Å². The molecule has 3 rings (SSSR count). The number of hydrogen-bond acceptors (Lipinski definition) is 5. The maximum atomic E-state index is 12.8. The van der Waals surface area contributed by atoms with Gasteiger partial charge in [0, 0.05) is 15.6 Å². The summed E-state index contributed by atoms with van der Waals surface area (Å²) in [6.45, 7) is 3.75. The molecule has 0 N–H and O–H groups in total. The Morgan fingerprint density at radius 3 is 2.37 bits per heavy atom. The number of halogens is 3.